The van der Waals surface area contributed by atoms with E-state index >= 15 is 0 Å². The lowest BCUT2D eigenvalue weighted by Crippen LogP contribution is -2.44. The second kappa shape index (κ2) is 9.25. The first-order chi connectivity index (χ1) is 15.4. The van der Waals surface area contributed by atoms with E-state index in [0.29, 0.717) is 17.3 Å². The lowest BCUT2D eigenvalue weighted by atomic mass is 10.1. The number of nitrogens with two attached hydrogens (primary N) is 1. The van der Waals surface area contributed by atoms with Gasteiger partial charge >= 0.3 is 0 Å². The number of H-pyrrole nitrogens is 1. The first-order valence-electron chi connectivity index (χ1n) is 10.2. The average molecular weight is 438 g/mol. The highest BCUT2D eigenvalue weighted by Gasteiger charge is 2.38. The summed E-state index contributed by atoms with van der Waals surface area (Å²) in [6.45, 7) is 0.277. The third-order valence-electron chi connectivity index (χ3n) is 5.34. The van der Waals surface area contributed by atoms with Crippen LogP contribution in [0.25, 0.3) is 11.4 Å². The Kier molecular flexibility index (Phi) is 6.24. The molecule has 166 valence electrons. The van der Waals surface area contributed by atoms with Crippen molar-refractivity contribution < 1.29 is 19.1 Å². The maximum atomic E-state index is 13.9. The van der Waals surface area contributed by atoms with Gasteiger partial charge in [-0.1, -0.05) is 18.2 Å². The van der Waals surface area contributed by atoms with Crippen LogP contribution in [0.4, 0.5) is 10.1 Å². The van der Waals surface area contributed by atoms with Crippen molar-refractivity contribution in [1.29, 1.82) is 0 Å². The number of aliphatic hydroxyl groups is 1. The lowest BCUT2D eigenvalue weighted by molar-refractivity contribution is -0.136. The summed E-state index contributed by atoms with van der Waals surface area (Å²) in [6, 6.07) is 12.1. The van der Waals surface area contributed by atoms with Crippen molar-refractivity contribution in [2.75, 3.05) is 11.9 Å². The van der Waals surface area contributed by atoms with Crippen molar-refractivity contribution in [2.24, 2.45) is 5.73 Å². The maximum Gasteiger partial charge on any atom is 0.247 e. The van der Waals surface area contributed by atoms with Gasteiger partial charge in [0.2, 0.25) is 11.8 Å². The molecule has 0 spiro atoms. The zero-order valence-electron chi connectivity index (χ0n) is 17.2. The van der Waals surface area contributed by atoms with Gasteiger partial charge in [-0.15, -0.1) is 0 Å². The smallest absolute Gasteiger partial charge is 0.247 e. The number of amides is 2. The van der Waals surface area contributed by atoms with E-state index in [2.05, 4.69) is 20.5 Å². The molecule has 32 heavy (non-hydrogen) atoms. The number of carbonyl (C=O) groups is 2. The number of halogens is 1. The number of likely N-dealkylation sites (tertiary alicyclic amines) is 1. The van der Waals surface area contributed by atoms with E-state index in [9.17, 15) is 19.1 Å². The van der Waals surface area contributed by atoms with Crippen LogP contribution in [0.3, 0.4) is 0 Å². The van der Waals surface area contributed by atoms with Gasteiger partial charge in [-0.25, -0.2) is 9.37 Å². The van der Waals surface area contributed by atoms with Gasteiger partial charge in [0.25, 0.3) is 0 Å². The van der Waals surface area contributed by atoms with Crippen LogP contribution in [0.5, 0.6) is 0 Å². The van der Waals surface area contributed by atoms with Gasteiger partial charge < -0.3 is 21.1 Å². The summed E-state index contributed by atoms with van der Waals surface area (Å²) >= 11 is 0. The molecular formula is C22H23FN6O3. The molecule has 2 unspecified atom stereocenters. The third-order valence-corrected chi connectivity index (χ3v) is 5.34. The van der Waals surface area contributed by atoms with Gasteiger partial charge in [-0.2, -0.15) is 5.10 Å². The summed E-state index contributed by atoms with van der Waals surface area (Å²) < 4.78 is 13.9. The quantitative estimate of drug-likeness (QED) is 0.457. The van der Waals surface area contributed by atoms with Gasteiger partial charge in [-0.3, -0.25) is 14.7 Å². The Labute approximate surface area is 183 Å². The van der Waals surface area contributed by atoms with E-state index in [0.717, 1.165) is 5.56 Å². The fraction of sp³-hybridized carbons (Fsp3) is 0.273. The Hall–Kier alpha value is -3.63. The summed E-state index contributed by atoms with van der Waals surface area (Å²) in [5.74, 6) is -0.252. The first-order valence-corrected chi connectivity index (χ1v) is 10.2. The minimum absolute atomic E-state index is 0.0264. The predicted molar refractivity (Wildman–Crippen MR) is 115 cm³/mol. The molecule has 1 aliphatic rings. The summed E-state index contributed by atoms with van der Waals surface area (Å²) in [6.07, 6.45) is -0.883. The molecule has 0 saturated carbocycles. The van der Waals surface area contributed by atoms with Gasteiger partial charge in [0, 0.05) is 24.2 Å². The molecule has 1 aromatic heterocycles. The molecule has 1 aliphatic heterocycles. The number of nitrogens with zero attached hydrogens (tertiary/aromatic N) is 3. The number of benzene rings is 2. The highest BCUT2D eigenvalue weighted by atomic mass is 19.1. The number of anilines is 1. The van der Waals surface area contributed by atoms with Crippen molar-refractivity contribution >= 4 is 17.5 Å². The van der Waals surface area contributed by atoms with E-state index in [4.69, 9.17) is 5.73 Å². The Morgan fingerprint density at radius 1 is 1.22 bits per heavy atom. The molecule has 0 bridgehead atoms. The van der Waals surface area contributed by atoms with Crippen LogP contribution in [-0.4, -0.2) is 55.7 Å². The van der Waals surface area contributed by atoms with Crippen molar-refractivity contribution in [3.8, 4) is 11.4 Å². The van der Waals surface area contributed by atoms with E-state index < -0.39 is 29.8 Å². The molecule has 4 rings (SSSR count). The molecule has 2 atom stereocenters. The summed E-state index contributed by atoms with van der Waals surface area (Å²) in [5, 5.41) is 19.7. The van der Waals surface area contributed by atoms with Crippen LogP contribution < -0.4 is 11.1 Å². The number of aliphatic hydroxyl groups excluding tert-OH is 1. The zero-order chi connectivity index (χ0) is 22.7. The van der Waals surface area contributed by atoms with Crippen LogP contribution >= 0.6 is 0 Å². The molecule has 9 nitrogen and oxygen atoms in total. The molecule has 1 fully saturated rings. The molecule has 5 N–H and O–H groups in total. The Morgan fingerprint density at radius 2 is 1.97 bits per heavy atom. The summed E-state index contributed by atoms with van der Waals surface area (Å²) in [5.41, 5.74) is 7.05. The topological polar surface area (TPSA) is 137 Å². The van der Waals surface area contributed by atoms with Gasteiger partial charge in [-0.05, 0) is 35.9 Å². The van der Waals surface area contributed by atoms with Crippen molar-refractivity contribution in [1.82, 2.24) is 20.1 Å². The molecule has 3 aromatic rings. The first kappa shape index (κ1) is 21.6. The van der Waals surface area contributed by atoms with Gasteiger partial charge in [0.1, 0.15) is 17.7 Å². The van der Waals surface area contributed by atoms with Gasteiger partial charge in [0.05, 0.1) is 19.1 Å². The average Bonchev–Trinajstić information content (AvgIpc) is 3.43. The normalized spacial score (nSPS) is 18.0. The summed E-state index contributed by atoms with van der Waals surface area (Å²) in [4.78, 5) is 31.2. The number of rotatable bonds is 6. The van der Waals surface area contributed by atoms with Crippen LogP contribution in [0.15, 0.2) is 48.5 Å². The second-order valence-electron chi connectivity index (χ2n) is 7.60. The number of carbonyl (C=O) groups excluding carboxylic acids is 2. The second-order valence-corrected chi connectivity index (χ2v) is 7.60. The van der Waals surface area contributed by atoms with Crippen molar-refractivity contribution in [2.45, 2.75) is 31.5 Å². The largest absolute Gasteiger partial charge is 0.391 e. The van der Waals surface area contributed by atoms with E-state index in [1.165, 1.54) is 17.0 Å². The Balaban J connectivity index is 1.43. The number of nitrogens with one attached hydrogen (secondary N) is 2. The van der Waals surface area contributed by atoms with Crippen LogP contribution in [0, 0.1) is 5.82 Å². The van der Waals surface area contributed by atoms with Gasteiger partial charge in [0.15, 0.2) is 5.82 Å². The predicted octanol–water partition coefficient (Wildman–Crippen LogP) is 1.21. The van der Waals surface area contributed by atoms with Crippen molar-refractivity contribution in [3.05, 3.63) is 65.7 Å². The monoisotopic (exact) mass is 438 g/mol. The molecular weight excluding hydrogens is 415 g/mol. The Bertz CT molecular complexity index is 1120. The summed E-state index contributed by atoms with van der Waals surface area (Å²) in [7, 11) is 0. The molecule has 10 heteroatoms. The number of aromatic amines is 1. The fourth-order valence-corrected chi connectivity index (χ4v) is 3.69. The molecule has 0 aliphatic carbocycles. The van der Waals surface area contributed by atoms with E-state index in [1.54, 1.807) is 36.4 Å². The number of hydrogen-bond donors (Lipinski definition) is 4. The highest BCUT2D eigenvalue weighted by molar-refractivity contribution is 5.98. The minimum Gasteiger partial charge on any atom is -0.391 e. The molecule has 0 radical (unpaired) electrons. The van der Waals surface area contributed by atoms with E-state index in [1.807, 2.05) is 0 Å². The van der Waals surface area contributed by atoms with Crippen LogP contribution in [-0.2, 0) is 22.6 Å². The SMILES string of the molecule is NCc1nc(-c2ccc(NC(=O)C3CC(O)CN3C(=O)Cc3ccccc3F)cc2)n[nH]1. The fourth-order valence-electron chi connectivity index (χ4n) is 3.69. The number of β-amino-alcohol motifs (C(OH)–C–C–N with tert-alkyl or cyclic N) is 1. The standard InChI is InChI=1S/C22H23FN6O3/c23-17-4-2-1-3-14(17)9-20(31)29-12-16(30)10-18(29)22(32)25-15-7-5-13(6-8-15)21-26-19(11-24)27-28-21/h1-8,16,18,30H,9-12,24H2,(H,25,32)(H,26,27,28). The zero-order valence-corrected chi connectivity index (χ0v) is 17.2. The minimum atomic E-state index is -0.843. The number of aromatic nitrogens is 3. The molecule has 2 heterocycles. The number of hydrogen-bond acceptors (Lipinski definition) is 6. The molecule has 1 saturated heterocycles. The molecule has 2 aromatic carbocycles. The maximum absolute atomic E-state index is 13.9. The van der Waals surface area contributed by atoms with Crippen LogP contribution in [0.2, 0.25) is 0 Å². The van der Waals surface area contributed by atoms with Crippen molar-refractivity contribution in [3.63, 3.8) is 0 Å². The van der Waals surface area contributed by atoms with E-state index in [-0.39, 0.29) is 31.5 Å². The highest BCUT2D eigenvalue weighted by Crippen LogP contribution is 2.23. The molecule has 2 amide bonds. The van der Waals surface area contributed by atoms with Crippen LogP contribution in [0.1, 0.15) is 17.8 Å². The Morgan fingerprint density at radius 3 is 2.66 bits per heavy atom. The lowest BCUT2D eigenvalue weighted by Gasteiger charge is -2.24. The third kappa shape index (κ3) is 4.66.